The summed E-state index contributed by atoms with van der Waals surface area (Å²) in [5.74, 6) is 7.41. The minimum absolute atomic E-state index is 0.0389. The Kier molecular flexibility index (Phi) is 3.78. The molecule has 0 saturated heterocycles. The molecule has 1 aliphatic rings. The van der Waals surface area contributed by atoms with E-state index in [0.717, 1.165) is 0 Å². The van der Waals surface area contributed by atoms with Gasteiger partial charge in [0.1, 0.15) is 11.7 Å². The third-order valence-electron chi connectivity index (χ3n) is 3.42. The molecule has 0 atom stereocenters. The molecule has 0 spiro atoms. The molecule has 21 heavy (non-hydrogen) atoms. The highest BCUT2D eigenvalue weighted by Crippen LogP contribution is 2.34. The van der Waals surface area contributed by atoms with Crippen molar-refractivity contribution < 1.29 is 4.79 Å². The van der Waals surface area contributed by atoms with Crippen LogP contribution in [-0.4, -0.2) is 33.0 Å². The van der Waals surface area contributed by atoms with Gasteiger partial charge in [0, 0.05) is 12.8 Å². The molecule has 0 aromatic carbocycles. The van der Waals surface area contributed by atoms with E-state index >= 15 is 0 Å². The van der Waals surface area contributed by atoms with Gasteiger partial charge in [0.25, 0.3) is 5.95 Å². The minimum Gasteiger partial charge on any atom is -0.273 e. The predicted octanol–water partition coefficient (Wildman–Crippen LogP) is 0.515. The van der Waals surface area contributed by atoms with Crippen LogP contribution in [0.1, 0.15) is 19.8 Å². The Morgan fingerprint density at radius 1 is 1.24 bits per heavy atom. The second-order valence-corrected chi connectivity index (χ2v) is 4.60. The first-order valence-electron chi connectivity index (χ1n) is 6.19. The quantitative estimate of drug-likeness (QED) is 0.758. The monoisotopic (exact) mass is 279 g/mol. The lowest BCUT2D eigenvalue weighted by molar-refractivity contribution is -0.124. The lowest BCUT2D eigenvalue weighted by Crippen LogP contribution is -2.47. The molecule has 6 nitrogen and oxygen atoms in total. The zero-order valence-electron chi connectivity index (χ0n) is 11.6. The van der Waals surface area contributed by atoms with Crippen LogP contribution < -0.4 is 4.90 Å². The van der Waals surface area contributed by atoms with Crippen molar-refractivity contribution in [2.24, 2.45) is 10.5 Å². The van der Waals surface area contributed by atoms with Crippen molar-refractivity contribution in [1.82, 2.24) is 14.9 Å². The van der Waals surface area contributed by atoms with Crippen LogP contribution >= 0.6 is 0 Å². The molecule has 0 saturated carbocycles. The third-order valence-corrected chi connectivity index (χ3v) is 3.42. The van der Waals surface area contributed by atoms with E-state index in [9.17, 15) is 4.79 Å². The first-order chi connectivity index (χ1) is 10.1. The van der Waals surface area contributed by atoms with Gasteiger partial charge in [-0.25, -0.2) is 0 Å². The maximum Gasteiger partial charge on any atom is 0.255 e. The Morgan fingerprint density at radius 2 is 1.90 bits per heavy atom. The van der Waals surface area contributed by atoms with E-state index in [0.29, 0.717) is 5.71 Å². The number of amides is 1. The van der Waals surface area contributed by atoms with Gasteiger partial charge in [0.15, 0.2) is 0 Å². The van der Waals surface area contributed by atoms with Crippen molar-refractivity contribution in [3.05, 3.63) is 6.33 Å². The van der Waals surface area contributed by atoms with E-state index in [1.165, 1.54) is 15.9 Å². The van der Waals surface area contributed by atoms with Gasteiger partial charge in [0.05, 0.1) is 12.3 Å². The molecule has 1 aliphatic heterocycles. The van der Waals surface area contributed by atoms with E-state index in [4.69, 9.17) is 19.3 Å². The Hall–Kier alpha value is -3.04. The Morgan fingerprint density at radius 3 is 2.48 bits per heavy atom. The van der Waals surface area contributed by atoms with Crippen LogP contribution in [0.25, 0.3) is 0 Å². The predicted molar refractivity (Wildman–Crippen MR) is 79.0 cm³/mol. The zero-order chi connectivity index (χ0) is 15.5. The van der Waals surface area contributed by atoms with Crippen molar-refractivity contribution >= 4 is 17.6 Å². The average molecular weight is 279 g/mol. The normalized spacial score (nSPS) is 16.0. The van der Waals surface area contributed by atoms with Gasteiger partial charge in [-0.05, 0) is 6.92 Å². The Bertz CT molecular complexity index is 706. The topological polar surface area (TPSA) is 63.4 Å². The van der Waals surface area contributed by atoms with E-state index in [1.54, 1.807) is 6.92 Å². The standard InChI is InChI=1S/C15H13N5O/c1-5-8-15(9-6-2)12(4)18-20-11-16-17-14(20)19(10-7-3)13(15)21/h1-3,11H,8-10H2,4H3. The molecule has 0 bridgehead atoms. The van der Waals surface area contributed by atoms with Crippen molar-refractivity contribution in [1.29, 1.82) is 0 Å². The first kappa shape index (κ1) is 14.4. The second kappa shape index (κ2) is 5.53. The van der Waals surface area contributed by atoms with Gasteiger partial charge < -0.3 is 0 Å². The molecule has 0 fully saturated rings. The molecule has 1 aromatic heterocycles. The number of nitrogens with zero attached hydrogens (tertiary/aromatic N) is 5. The van der Waals surface area contributed by atoms with Crippen LogP contribution in [0.4, 0.5) is 5.95 Å². The minimum atomic E-state index is -1.07. The first-order valence-corrected chi connectivity index (χ1v) is 6.19. The summed E-state index contributed by atoms with van der Waals surface area (Å²) in [7, 11) is 0. The lowest BCUT2D eigenvalue weighted by atomic mass is 9.76. The maximum absolute atomic E-state index is 13.0. The number of rotatable bonds is 3. The fourth-order valence-electron chi connectivity index (χ4n) is 2.29. The molecule has 2 rings (SSSR count). The number of aromatic nitrogens is 3. The summed E-state index contributed by atoms with van der Waals surface area (Å²) in [4.78, 5) is 14.3. The highest BCUT2D eigenvalue weighted by molar-refractivity contribution is 6.14. The van der Waals surface area contributed by atoms with Crippen LogP contribution in [0, 0.1) is 42.4 Å². The van der Waals surface area contributed by atoms with Gasteiger partial charge in [0.2, 0.25) is 5.91 Å². The van der Waals surface area contributed by atoms with Gasteiger partial charge in [-0.1, -0.05) is 5.92 Å². The fourth-order valence-corrected chi connectivity index (χ4v) is 2.29. The second-order valence-electron chi connectivity index (χ2n) is 4.60. The number of anilines is 1. The van der Waals surface area contributed by atoms with Gasteiger partial charge in [-0.3, -0.25) is 9.69 Å². The van der Waals surface area contributed by atoms with Crippen molar-refractivity contribution in [3.8, 4) is 37.0 Å². The van der Waals surface area contributed by atoms with Crippen molar-refractivity contribution in [2.75, 3.05) is 11.4 Å². The number of fused-ring (bicyclic) bond motifs is 1. The summed E-state index contributed by atoms with van der Waals surface area (Å²) < 4.78 is 1.40. The largest absolute Gasteiger partial charge is 0.273 e. The summed E-state index contributed by atoms with van der Waals surface area (Å²) >= 11 is 0. The highest BCUT2D eigenvalue weighted by Gasteiger charge is 2.46. The number of carbonyl (C=O) groups excluding carboxylic acids is 1. The van der Waals surface area contributed by atoms with Gasteiger partial charge in [-0.15, -0.1) is 41.3 Å². The molecule has 6 heteroatoms. The fraction of sp³-hybridized carbons (Fsp3) is 0.333. The maximum atomic E-state index is 13.0. The molecule has 0 aliphatic carbocycles. The summed E-state index contributed by atoms with van der Waals surface area (Å²) in [6.07, 6.45) is 17.9. The van der Waals surface area contributed by atoms with Crippen molar-refractivity contribution in [3.63, 3.8) is 0 Å². The molecule has 2 heterocycles. The number of terminal acetylenes is 3. The highest BCUT2D eigenvalue weighted by atomic mass is 16.2. The molecule has 1 amide bonds. The smallest absolute Gasteiger partial charge is 0.255 e. The summed E-state index contributed by atoms with van der Waals surface area (Å²) in [6.45, 7) is 1.76. The van der Waals surface area contributed by atoms with E-state index in [2.05, 4.69) is 33.1 Å². The molecule has 0 unspecified atom stereocenters. The molecule has 104 valence electrons. The Labute approximate surface area is 123 Å². The van der Waals surface area contributed by atoms with Crippen LogP contribution in [-0.2, 0) is 4.79 Å². The van der Waals surface area contributed by atoms with E-state index in [-0.39, 0.29) is 31.2 Å². The summed E-state index contributed by atoms with van der Waals surface area (Å²) in [5, 5.41) is 12.0. The van der Waals surface area contributed by atoms with E-state index in [1.807, 2.05) is 0 Å². The number of hydrogen-bond acceptors (Lipinski definition) is 4. The summed E-state index contributed by atoms with van der Waals surface area (Å²) in [5.41, 5.74) is -0.551. The third kappa shape index (κ3) is 2.16. The Balaban J connectivity index is 2.66. The molecule has 1 aromatic rings. The molecular formula is C15H13N5O. The molecular weight excluding hydrogens is 266 g/mol. The van der Waals surface area contributed by atoms with Crippen LogP contribution in [0.2, 0.25) is 0 Å². The van der Waals surface area contributed by atoms with Crippen LogP contribution in [0.3, 0.4) is 0 Å². The van der Waals surface area contributed by atoms with Gasteiger partial charge in [-0.2, -0.15) is 9.78 Å². The number of carbonyl (C=O) groups is 1. The zero-order valence-corrected chi connectivity index (χ0v) is 11.6. The lowest BCUT2D eigenvalue weighted by Gasteiger charge is -2.30. The van der Waals surface area contributed by atoms with E-state index < -0.39 is 5.41 Å². The summed E-state index contributed by atoms with van der Waals surface area (Å²) in [6, 6.07) is 0. The molecule has 0 radical (unpaired) electrons. The average Bonchev–Trinajstić information content (AvgIpc) is 2.88. The van der Waals surface area contributed by atoms with Crippen molar-refractivity contribution in [2.45, 2.75) is 19.8 Å². The van der Waals surface area contributed by atoms with Gasteiger partial charge >= 0.3 is 0 Å². The SMILES string of the molecule is C#CCN1C(=O)C(CC#C)(CC#C)C(C)=Nn2cnnc21. The van der Waals surface area contributed by atoms with Crippen LogP contribution in [0.5, 0.6) is 0 Å². The molecule has 0 N–H and O–H groups in total. The van der Waals surface area contributed by atoms with Crippen LogP contribution in [0.15, 0.2) is 11.4 Å². The number of hydrogen-bond donors (Lipinski definition) is 0.